The van der Waals surface area contributed by atoms with Gasteiger partial charge >= 0.3 is 0 Å². The third-order valence-corrected chi connectivity index (χ3v) is 2.44. The van der Waals surface area contributed by atoms with Crippen LogP contribution < -0.4 is 4.74 Å². The molecule has 1 heterocycles. The molecule has 0 amide bonds. The van der Waals surface area contributed by atoms with Gasteiger partial charge in [-0.2, -0.15) is 0 Å². The lowest BCUT2D eigenvalue weighted by molar-refractivity contribution is -0.0796. The number of benzene rings is 1. The van der Waals surface area contributed by atoms with Crippen LogP contribution in [0.3, 0.4) is 0 Å². The number of halogens is 1. The van der Waals surface area contributed by atoms with Crippen LogP contribution in [-0.4, -0.2) is 19.3 Å². The lowest BCUT2D eigenvalue weighted by Crippen LogP contribution is -2.38. The van der Waals surface area contributed by atoms with Gasteiger partial charge in [-0.25, -0.2) is 0 Å². The van der Waals surface area contributed by atoms with Gasteiger partial charge in [0.05, 0.1) is 13.2 Å². The zero-order valence-corrected chi connectivity index (χ0v) is 8.65. The third-order valence-electron chi connectivity index (χ3n) is 1.72. The van der Waals surface area contributed by atoms with Crippen molar-refractivity contribution in [3.63, 3.8) is 0 Å². The molecule has 3 heteroatoms. The molecule has 0 N–H and O–H groups in total. The highest BCUT2D eigenvalue weighted by molar-refractivity contribution is 14.1. The predicted octanol–water partition coefficient (Wildman–Crippen LogP) is 2.07. The van der Waals surface area contributed by atoms with Crippen LogP contribution in [0.5, 0.6) is 5.75 Å². The Morgan fingerprint density at radius 3 is 2.42 bits per heavy atom. The Kier molecular flexibility index (Phi) is 2.51. The van der Waals surface area contributed by atoms with Gasteiger partial charge in [0.25, 0.3) is 0 Å². The molecule has 2 nitrogen and oxygen atoms in total. The first-order valence-corrected chi connectivity index (χ1v) is 4.92. The van der Waals surface area contributed by atoms with Crippen molar-refractivity contribution in [2.75, 3.05) is 13.2 Å². The van der Waals surface area contributed by atoms with Crippen molar-refractivity contribution < 1.29 is 9.47 Å². The summed E-state index contributed by atoms with van der Waals surface area (Å²) in [6.07, 6.45) is 0.269. The van der Waals surface area contributed by atoms with Gasteiger partial charge in [0.15, 0.2) is 0 Å². The summed E-state index contributed by atoms with van der Waals surface area (Å²) in [6, 6.07) is 8.05. The Bertz CT molecular complexity index is 254. The maximum atomic E-state index is 5.58. The average Bonchev–Trinajstić information content (AvgIpc) is 2.00. The summed E-state index contributed by atoms with van der Waals surface area (Å²) in [5.74, 6) is 0.934. The summed E-state index contributed by atoms with van der Waals surface area (Å²) in [7, 11) is 0. The van der Waals surface area contributed by atoms with Gasteiger partial charge in [0.1, 0.15) is 11.9 Å². The van der Waals surface area contributed by atoms with Crippen LogP contribution in [0.15, 0.2) is 24.3 Å². The zero-order chi connectivity index (χ0) is 8.39. The second-order valence-corrected chi connectivity index (χ2v) is 3.98. The molecule has 0 saturated carbocycles. The monoisotopic (exact) mass is 276 g/mol. The standard InChI is InChI=1S/C9H9IO2/c10-7-1-3-8(4-2-7)12-9-5-11-6-9/h1-4,9H,5-6H2. The second kappa shape index (κ2) is 3.62. The van der Waals surface area contributed by atoms with E-state index in [0.717, 1.165) is 19.0 Å². The van der Waals surface area contributed by atoms with E-state index < -0.39 is 0 Å². The lowest BCUT2D eigenvalue weighted by atomic mass is 10.3. The first-order chi connectivity index (χ1) is 5.84. The molecule has 64 valence electrons. The molecule has 1 aliphatic heterocycles. The summed E-state index contributed by atoms with van der Waals surface area (Å²) < 4.78 is 11.8. The minimum Gasteiger partial charge on any atom is -0.486 e. The van der Waals surface area contributed by atoms with Gasteiger partial charge in [-0.1, -0.05) is 0 Å². The van der Waals surface area contributed by atoms with E-state index in [1.165, 1.54) is 3.57 Å². The van der Waals surface area contributed by atoms with E-state index in [4.69, 9.17) is 9.47 Å². The van der Waals surface area contributed by atoms with Crippen molar-refractivity contribution in [2.24, 2.45) is 0 Å². The quantitative estimate of drug-likeness (QED) is 0.770. The highest BCUT2D eigenvalue weighted by Gasteiger charge is 2.19. The van der Waals surface area contributed by atoms with E-state index in [1.807, 2.05) is 24.3 Å². The fourth-order valence-electron chi connectivity index (χ4n) is 0.988. The van der Waals surface area contributed by atoms with E-state index in [9.17, 15) is 0 Å². The van der Waals surface area contributed by atoms with Crippen LogP contribution >= 0.6 is 22.6 Å². The highest BCUT2D eigenvalue weighted by Crippen LogP contribution is 2.17. The normalized spacial score (nSPS) is 17.1. The number of hydrogen-bond donors (Lipinski definition) is 0. The van der Waals surface area contributed by atoms with Crippen molar-refractivity contribution in [1.29, 1.82) is 0 Å². The number of rotatable bonds is 2. The SMILES string of the molecule is Ic1ccc(OC2COC2)cc1. The summed E-state index contributed by atoms with van der Waals surface area (Å²) in [5.41, 5.74) is 0. The smallest absolute Gasteiger partial charge is 0.145 e. The Hall–Kier alpha value is -0.290. The molecule has 0 aromatic heterocycles. The van der Waals surface area contributed by atoms with E-state index in [0.29, 0.717) is 0 Å². The molecular formula is C9H9IO2. The first-order valence-electron chi connectivity index (χ1n) is 3.84. The van der Waals surface area contributed by atoms with E-state index >= 15 is 0 Å². The van der Waals surface area contributed by atoms with Gasteiger partial charge in [-0.15, -0.1) is 0 Å². The average molecular weight is 276 g/mol. The lowest BCUT2D eigenvalue weighted by Gasteiger charge is -2.26. The van der Waals surface area contributed by atoms with Crippen molar-refractivity contribution in [3.8, 4) is 5.75 Å². The van der Waals surface area contributed by atoms with Crippen LogP contribution in [0.2, 0.25) is 0 Å². The topological polar surface area (TPSA) is 18.5 Å². The molecule has 0 unspecified atom stereocenters. The number of hydrogen-bond acceptors (Lipinski definition) is 2. The van der Waals surface area contributed by atoms with Gasteiger partial charge in [-0.05, 0) is 46.9 Å². The first kappa shape index (κ1) is 8.31. The van der Waals surface area contributed by atoms with Crippen LogP contribution in [0, 0.1) is 3.57 Å². The highest BCUT2D eigenvalue weighted by atomic mass is 127. The second-order valence-electron chi connectivity index (χ2n) is 2.73. The molecule has 0 atom stereocenters. The molecule has 0 radical (unpaired) electrons. The van der Waals surface area contributed by atoms with E-state index in [2.05, 4.69) is 22.6 Å². The molecule has 0 spiro atoms. The maximum Gasteiger partial charge on any atom is 0.145 e. The Morgan fingerprint density at radius 2 is 1.92 bits per heavy atom. The Morgan fingerprint density at radius 1 is 1.25 bits per heavy atom. The van der Waals surface area contributed by atoms with Gasteiger partial charge in [0.2, 0.25) is 0 Å². The Balaban J connectivity index is 1.98. The molecule has 12 heavy (non-hydrogen) atoms. The molecule has 2 rings (SSSR count). The molecular weight excluding hydrogens is 267 g/mol. The molecule has 0 bridgehead atoms. The van der Waals surface area contributed by atoms with Gasteiger partial charge in [-0.3, -0.25) is 0 Å². The minimum absolute atomic E-state index is 0.269. The zero-order valence-electron chi connectivity index (χ0n) is 6.50. The van der Waals surface area contributed by atoms with Crippen molar-refractivity contribution in [3.05, 3.63) is 27.8 Å². The van der Waals surface area contributed by atoms with Crippen molar-refractivity contribution in [1.82, 2.24) is 0 Å². The molecule has 1 aromatic carbocycles. The van der Waals surface area contributed by atoms with Crippen LogP contribution in [0.1, 0.15) is 0 Å². The molecule has 1 aromatic rings. The molecule has 1 fully saturated rings. The summed E-state index contributed by atoms with van der Waals surface area (Å²) in [6.45, 7) is 1.46. The molecule has 1 saturated heterocycles. The van der Waals surface area contributed by atoms with Crippen LogP contribution in [0.4, 0.5) is 0 Å². The van der Waals surface area contributed by atoms with Gasteiger partial charge < -0.3 is 9.47 Å². The maximum absolute atomic E-state index is 5.58. The summed E-state index contributed by atoms with van der Waals surface area (Å²) in [5, 5.41) is 0. The Labute approximate surface area is 85.0 Å². The van der Waals surface area contributed by atoms with Crippen LogP contribution in [0.25, 0.3) is 0 Å². The fraction of sp³-hybridized carbons (Fsp3) is 0.333. The predicted molar refractivity (Wildman–Crippen MR) is 54.4 cm³/mol. The van der Waals surface area contributed by atoms with Crippen molar-refractivity contribution in [2.45, 2.75) is 6.10 Å². The van der Waals surface area contributed by atoms with Crippen molar-refractivity contribution >= 4 is 22.6 Å². The van der Waals surface area contributed by atoms with E-state index in [1.54, 1.807) is 0 Å². The molecule has 0 aliphatic carbocycles. The summed E-state index contributed by atoms with van der Waals surface area (Å²) in [4.78, 5) is 0. The van der Waals surface area contributed by atoms with Gasteiger partial charge in [0, 0.05) is 3.57 Å². The molecule has 1 aliphatic rings. The summed E-state index contributed by atoms with van der Waals surface area (Å²) >= 11 is 2.27. The fourth-order valence-corrected chi connectivity index (χ4v) is 1.35. The minimum atomic E-state index is 0.269. The third kappa shape index (κ3) is 1.90. The number of ether oxygens (including phenoxy) is 2. The largest absolute Gasteiger partial charge is 0.486 e. The van der Waals surface area contributed by atoms with Crippen LogP contribution in [-0.2, 0) is 4.74 Å². The van der Waals surface area contributed by atoms with E-state index in [-0.39, 0.29) is 6.10 Å².